The van der Waals surface area contributed by atoms with Gasteiger partial charge in [0.25, 0.3) is 0 Å². The SMILES string of the molecule is CCN(CC)c1ccc(CNC(C)CN(C)C)cc1. The number of hydrogen-bond acceptors (Lipinski definition) is 3. The predicted molar refractivity (Wildman–Crippen MR) is 84.9 cm³/mol. The van der Waals surface area contributed by atoms with Crippen LogP contribution in [0.3, 0.4) is 0 Å². The van der Waals surface area contributed by atoms with Crippen LogP contribution in [-0.4, -0.2) is 44.7 Å². The molecule has 19 heavy (non-hydrogen) atoms. The van der Waals surface area contributed by atoms with Gasteiger partial charge in [-0.2, -0.15) is 0 Å². The van der Waals surface area contributed by atoms with Crippen LogP contribution in [0.1, 0.15) is 26.3 Å². The molecule has 3 heteroatoms. The van der Waals surface area contributed by atoms with Gasteiger partial charge in [-0.1, -0.05) is 12.1 Å². The molecule has 0 heterocycles. The number of nitrogens with zero attached hydrogens (tertiary/aromatic N) is 2. The van der Waals surface area contributed by atoms with Gasteiger partial charge in [0, 0.05) is 37.9 Å². The summed E-state index contributed by atoms with van der Waals surface area (Å²) in [6, 6.07) is 9.41. The molecule has 1 aromatic carbocycles. The van der Waals surface area contributed by atoms with Crippen LogP contribution in [0.5, 0.6) is 0 Å². The Labute approximate surface area is 118 Å². The Bertz CT molecular complexity index is 342. The summed E-state index contributed by atoms with van der Waals surface area (Å²) >= 11 is 0. The van der Waals surface area contributed by atoms with Crippen LogP contribution >= 0.6 is 0 Å². The molecule has 1 N–H and O–H groups in total. The normalized spacial score (nSPS) is 12.7. The third-order valence-electron chi connectivity index (χ3n) is 3.36. The van der Waals surface area contributed by atoms with E-state index >= 15 is 0 Å². The summed E-state index contributed by atoms with van der Waals surface area (Å²) in [5, 5.41) is 3.55. The molecule has 0 fully saturated rings. The fourth-order valence-corrected chi connectivity index (χ4v) is 2.32. The van der Waals surface area contributed by atoms with Gasteiger partial charge in [0.15, 0.2) is 0 Å². The molecule has 3 nitrogen and oxygen atoms in total. The molecule has 0 aliphatic carbocycles. The molecular weight excluding hydrogens is 234 g/mol. The molecule has 0 bridgehead atoms. The van der Waals surface area contributed by atoms with Gasteiger partial charge in [0.2, 0.25) is 0 Å². The Kier molecular flexibility index (Phi) is 6.89. The number of benzene rings is 1. The van der Waals surface area contributed by atoms with Crippen molar-refractivity contribution in [3.8, 4) is 0 Å². The molecular formula is C16H29N3. The summed E-state index contributed by atoms with van der Waals surface area (Å²) in [6.07, 6.45) is 0. The fourth-order valence-electron chi connectivity index (χ4n) is 2.32. The second-order valence-corrected chi connectivity index (χ2v) is 5.38. The summed E-state index contributed by atoms with van der Waals surface area (Å²) in [5.41, 5.74) is 2.66. The van der Waals surface area contributed by atoms with Crippen molar-refractivity contribution in [3.63, 3.8) is 0 Å². The van der Waals surface area contributed by atoms with Gasteiger partial charge >= 0.3 is 0 Å². The van der Waals surface area contributed by atoms with Gasteiger partial charge in [-0.05, 0) is 52.6 Å². The number of nitrogens with one attached hydrogen (secondary N) is 1. The molecule has 0 aliphatic heterocycles. The molecule has 108 valence electrons. The Morgan fingerprint density at radius 2 is 1.63 bits per heavy atom. The first kappa shape index (κ1) is 16.0. The zero-order valence-corrected chi connectivity index (χ0v) is 13.1. The van der Waals surface area contributed by atoms with Gasteiger partial charge in [-0.25, -0.2) is 0 Å². The molecule has 1 rings (SSSR count). The van der Waals surface area contributed by atoms with Crippen molar-refractivity contribution >= 4 is 5.69 Å². The summed E-state index contributed by atoms with van der Waals surface area (Å²) in [5.74, 6) is 0. The molecule has 1 aromatic rings. The van der Waals surface area contributed by atoms with E-state index in [1.165, 1.54) is 11.3 Å². The summed E-state index contributed by atoms with van der Waals surface area (Å²) in [7, 11) is 4.22. The van der Waals surface area contributed by atoms with Crippen LogP contribution in [0, 0.1) is 0 Å². The average Bonchev–Trinajstić information content (AvgIpc) is 2.38. The Morgan fingerprint density at radius 1 is 1.05 bits per heavy atom. The first-order valence-electron chi connectivity index (χ1n) is 7.28. The van der Waals surface area contributed by atoms with Crippen LogP contribution in [-0.2, 0) is 6.54 Å². The quantitative estimate of drug-likeness (QED) is 0.777. The zero-order valence-electron chi connectivity index (χ0n) is 13.1. The largest absolute Gasteiger partial charge is 0.372 e. The lowest BCUT2D eigenvalue weighted by atomic mass is 10.2. The fraction of sp³-hybridized carbons (Fsp3) is 0.625. The maximum atomic E-state index is 3.55. The lowest BCUT2D eigenvalue weighted by Gasteiger charge is -2.21. The standard InChI is InChI=1S/C16H29N3/c1-6-19(7-2)16-10-8-15(9-11-16)12-17-14(3)13-18(4)5/h8-11,14,17H,6-7,12-13H2,1-5H3. The minimum atomic E-state index is 0.512. The van der Waals surface area contributed by atoms with E-state index in [0.717, 1.165) is 26.2 Å². The van der Waals surface area contributed by atoms with Crippen LogP contribution in [0.2, 0.25) is 0 Å². The molecule has 0 amide bonds. The monoisotopic (exact) mass is 263 g/mol. The second-order valence-electron chi connectivity index (χ2n) is 5.38. The third-order valence-corrected chi connectivity index (χ3v) is 3.36. The maximum absolute atomic E-state index is 3.55. The molecule has 0 saturated carbocycles. The van der Waals surface area contributed by atoms with E-state index in [1.807, 2.05) is 0 Å². The lowest BCUT2D eigenvalue weighted by Crippen LogP contribution is -2.35. The predicted octanol–water partition coefficient (Wildman–Crippen LogP) is 2.57. The van der Waals surface area contributed by atoms with E-state index in [9.17, 15) is 0 Å². The molecule has 0 spiro atoms. The van der Waals surface area contributed by atoms with E-state index < -0.39 is 0 Å². The van der Waals surface area contributed by atoms with Crippen molar-refractivity contribution in [2.45, 2.75) is 33.4 Å². The summed E-state index contributed by atoms with van der Waals surface area (Å²) in [4.78, 5) is 4.58. The van der Waals surface area contributed by atoms with Crippen LogP contribution in [0.15, 0.2) is 24.3 Å². The van der Waals surface area contributed by atoms with Gasteiger partial charge in [0.05, 0.1) is 0 Å². The zero-order chi connectivity index (χ0) is 14.3. The van der Waals surface area contributed by atoms with E-state index in [0.29, 0.717) is 6.04 Å². The van der Waals surface area contributed by atoms with Crippen molar-refractivity contribution in [2.24, 2.45) is 0 Å². The van der Waals surface area contributed by atoms with Gasteiger partial charge in [0.1, 0.15) is 0 Å². The maximum Gasteiger partial charge on any atom is 0.0366 e. The third kappa shape index (κ3) is 5.62. The summed E-state index contributed by atoms with van der Waals surface area (Å²) < 4.78 is 0. The summed E-state index contributed by atoms with van der Waals surface area (Å²) in [6.45, 7) is 10.8. The average molecular weight is 263 g/mol. The lowest BCUT2D eigenvalue weighted by molar-refractivity contribution is 0.349. The van der Waals surface area contributed by atoms with Gasteiger partial charge in [-0.3, -0.25) is 0 Å². The molecule has 0 saturated heterocycles. The van der Waals surface area contributed by atoms with Crippen molar-refractivity contribution in [3.05, 3.63) is 29.8 Å². The second kappa shape index (κ2) is 8.18. The van der Waals surface area contributed by atoms with Crippen LogP contribution in [0.4, 0.5) is 5.69 Å². The highest BCUT2D eigenvalue weighted by Gasteiger charge is 2.04. The highest BCUT2D eigenvalue weighted by atomic mass is 15.1. The molecule has 0 aromatic heterocycles. The van der Waals surface area contributed by atoms with Gasteiger partial charge < -0.3 is 15.1 Å². The smallest absolute Gasteiger partial charge is 0.0366 e. The number of rotatable bonds is 8. The van der Waals surface area contributed by atoms with Crippen molar-refractivity contribution in [2.75, 3.05) is 38.6 Å². The topological polar surface area (TPSA) is 18.5 Å². The number of anilines is 1. The van der Waals surface area contributed by atoms with Crippen LogP contribution < -0.4 is 10.2 Å². The minimum absolute atomic E-state index is 0.512. The Balaban J connectivity index is 2.48. The van der Waals surface area contributed by atoms with Crippen LogP contribution in [0.25, 0.3) is 0 Å². The molecule has 1 atom stereocenters. The first-order valence-corrected chi connectivity index (χ1v) is 7.28. The number of hydrogen-bond donors (Lipinski definition) is 1. The van der Waals surface area contributed by atoms with Crippen molar-refractivity contribution in [1.82, 2.24) is 10.2 Å². The number of likely N-dealkylation sites (N-methyl/N-ethyl adjacent to an activating group) is 1. The Hall–Kier alpha value is -1.06. The van der Waals surface area contributed by atoms with E-state index in [2.05, 4.69) is 74.2 Å². The minimum Gasteiger partial charge on any atom is -0.372 e. The van der Waals surface area contributed by atoms with E-state index in [1.54, 1.807) is 0 Å². The first-order chi connectivity index (χ1) is 9.06. The van der Waals surface area contributed by atoms with E-state index in [4.69, 9.17) is 0 Å². The highest BCUT2D eigenvalue weighted by molar-refractivity contribution is 5.47. The molecule has 0 aliphatic rings. The Morgan fingerprint density at radius 3 is 2.11 bits per heavy atom. The van der Waals surface area contributed by atoms with Crippen molar-refractivity contribution in [1.29, 1.82) is 0 Å². The van der Waals surface area contributed by atoms with Gasteiger partial charge in [-0.15, -0.1) is 0 Å². The highest BCUT2D eigenvalue weighted by Crippen LogP contribution is 2.14. The molecule has 1 unspecified atom stereocenters. The van der Waals surface area contributed by atoms with Crippen molar-refractivity contribution < 1.29 is 0 Å². The van der Waals surface area contributed by atoms with E-state index in [-0.39, 0.29) is 0 Å². The molecule has 0 radical (unpaired) electrons.